The number of esters is 4. The van der Waals surface area contributed by atoms with E-state index in [1.54, 1.807) is 32.9 Å². The van der Waals surface area contributed by atoms with Crippen LogP contribution in [-0.2, 0) is 57.1 Å². The Morgan fingerprint density at radius 2 is 1.69 bits per heavy atom. The Hall–Kier alpha value is -2.88. The van der Waals surface area contributed by atoms with E-state index in [9.17, 15) is 29.4 Å². The van der Waals surface area contributed by atoms with Gasteiger partial charge in [-0.25, -0.2) is 4.79 Å². The second-order valence-electron chi connectivity index (χ2n) is 16.0. The van der Waals surface area contributed by atoms with E-state index in [1.165, 1.54) is 20.1 Å². The van der Waals surface area contributed by atoms with E-state index in [0.717, 1.165) is 44.9 Å². The standard InChI is InChI=1S/C41H64O14/c1-7-8-9-10-11-15-35(44)54-39-28(21-36(45)48-6)20-33-25-34(26(2)50-27(3)42)53-37(46)23-29(43)22-30-13-12-14-31(51-30)24-32-17-19-49-38(52-32)16-18-40(4,5)41(39,47)55-33/h16,18,21,26,29-34,38-39,43,47H,7-15,17,19-20,22-25H2,1-6H3/b18-16+,28-21+/t26-,29-,30+,31-,32+,33+,34-,38+,39+,41-/m1/s1. The molecule has 14 heteroatoms. The average Bonchev–Trinajstić information content (AvgIpc) is 3.11. The normalized spacial score (nSPS) is 35.1. The second kappa shape index (κ2) is 21.0. The molecule has 55 heavy (non-hydrogen) atoms. The van der Waals surface area contributed by atoms with Gasteiger partial charge in [0, 0.05) is 37.7 Å². The highest BCUT2D eigenvalue weighted by molar-refractivity contribution is 5.83. The minimum absolute atomic E-state index is 0.0359. The van der Waals surface area contributed by atoms with Crippen molar-refractivity contribution >= 4 is 23.9 Å². The Labute approximate surface area is 325 Å². The molecular weight excluding hydrogens is 716 g/mol. The van der Waals surface area contributed by atoms with Crippen molar-refractivity contribution in [3.05, 3.63) is 23.8 Å². The molecule has 3 saturated heterocycles. The maximum absolute atomic E-state index is 13.4. The van der Waals surface area contributed by atoms with Gasteiger partial charge in [0.15, 0.2) is 12.4 Å². The van der Waals surface area contributed by atoms with Crippen molar-refractivity contribution in [2.75, 3.05) is 13.7 Å². The van der Waals surface area contributed by atoms with E-state index < -0.39 is 71.9 Å². The van der Waals surface area contributed by atoms with Gasteiger partial charge in [0.05, 0.1) is 50.7 Å². The summed E-state index contributed by atoms with van der Waals surface area (Å²) >= 11 is 0. The van der Waals surface area contributed by atoms with Crippen molar-refractivity contribution in [2.45, 2.75) is 192 Å². The number of rotatable bonds is 10. The first kappa shape index (κ1) is 44.8. The number of methoxy groups -OCH3 is 1. The largest absolute Gasteiger partial charge is 0.466 e. The monoisotopic (exact) mass is 780 g/mol. The highest BCUT2D eigenvalue weighted by atomic mass is 16.7. The van der Waals surface area contributed by atoms with Crippen LogP contribution in [0.15, 0.2) is 23.8 Å². The first-order valence-corrected chi connectivity index (χ1v) is 20.2. The van der Waals surface area contributed by atoms with Crippen molar-refractivity contribution in [1.29, 1.82) is 0 Å². The number of aliphatic hydroxyl groups is 2. The molecule has 0 spiro atoms. The van der Waals surface area contributed by atoms with Gasteiger partial charge in [0.2, 0.25) is 5.79 Å². The molecule has 3 fully saturated rings. The molecular formula is C41H64O14. The van der Waals surface area contributed by atoms with E-state index >= 15 is 0 Å². The molecule has 4 aliphatic rings. The number of unbranched alkanes of at least 4 members (excludes halogenated alkanes) is 4. The van der Waals surface area contributed by atoms with Crippen LogP contribution in [0.3, 0.4) is 0 Å². The number of ether oxygens (including phenoxy) is 8. The zero-order valence-electron chi connectivity index (χ0n) is 33.5. The fraction of sp³-hybridized carbons (Fsp3) is 0.805. The molecule has 4 rings (SSSR count). The summed E-state index contributed by atoms with van der Waals surface area (Å²) in [6.07, 6.45) is 5.99. The smallest absolute Gasteiger partial charge is 0.330 e. The zero-order valence-corrected chi connectivity index (χ0v) is 33.5. The van der Waals surface area contributed by atoms with Crippen LogP contribution in [0.4, 0.5) is 0 Å². The number of hydrogen-bond donors (Lipinski definition) is 2. The summed E-state index contributed by atoms with van der Waals surface area (Å²) in [6, 6.07) is 0. The summed E-state index contributed by atoms with van der Waals surface area (Å²) in [4.78, 5) is 51.6. The van der Waals surface area contributed by atoms with Crippen LogP contribution in [-0.4, -0.2) is 109 Å². The van der Waals surface area contributed by atoms with Crippen molar-refractivity contribution in [2.24, 2.45) is 5.41 Å². The lowest BCUT2D eigenvalue weighted by Gasteiger charge is -2.51. The topological polar surface area (TPSA) is 183 Å². The fourth-order valence-electron chi connectivity index (χ4n) is 7.84. The maximum Gasteiger partial charge on any atom is 0.330 e. The molecule has 10 atom stereocenters. The molecule has 0 aromatic rings. The predicted octanol–water partition coefficient (Wildman–Crippen LogP) is 5.29. The van der Waals surface area contributed by atoms with Gasteiger partial charge in [-0.05, 0) is 63.5 Å². The molecule has 2 N–H and O–H groups in total. The number of hydrogen-bond acceptors (Lipinski definition) is 14. The molecule has 0 unspecified atom stereocenters. The Balaban J connectivity index is 1.74. The average molecular weight is 781 g/mol. The van der Waals surface area contributed by atoms with Crippen LogP contribution in [0.2, 0.25) is 0 Å². The van der Waals surface area contributed by atoms with Crippen molar-refractivity contribution < 1.29 is 67.3 Å². The van der Waals surface area contributed by atoms with Crippen molar-refractivity contribution in [1.82, 2.24) is 0 Å². The van der Waals surface area contributed by atoms with E-state index in [-0.39, 0.29) is 56.0 Å². The quantitative estimate of drug-likeness (QED) is 0.0960. The minimum Gasteiger partial charge on any atom is -0.466 e. The van der Waals surface area contributed by atoms with Gasteiger partial charge in [-0.3, -0.25) is 14.4 Å². The van der Waals surface area contributed by atoms with Crippen LogP contribution >= 0.6 is 0 Å². The van der Waals surface area contributed by atoms with Gasteiger partial charge in [-0.15, -0.1) is 0 Å². The molecule has 0 aliphatic carbocycles. The van der Waals surface area contributed by atoms with E-state index in [1.807, 2.05) is 0 Å². The van der Waals surface area contributed by atoms with Crippen LogP contribution in [0.25, 0.3) is 0 Å². The van der Waals surface area contributed by atoms with Gasteiger partial charge in [0.1, 0.15) is 12.2 Å². The van der Waals surface area contributed by atoms with E-state index in [0.29, 0.717) is 25.9 Å². The molecule has 4 aliphatic heterocycles. The van der Waals surface area contributed by atoms with E-state index in [2.05, 4.69) is 6.92 Å². The number of carbonyl (C=O) groups excluding carboxylic acids is 4. The molecule has 6 bridgehead atoms. The first-order valence-electron chi connectivity index (χ1n) is 20.2. The molecule has 0 aromatic heterocycles. The maximum atomic E-state index is 13.4. The third-order valence-electron chi connectivity index (χ3n) is 10.9. The van der Waals surface area contributed by atoms with Gasteiger partial charge in [-0.1, -0.05) is 52.5 Å². The SMILES string of the molecule is CCCCCCCC(=O)O[C@H]1/C(=C/C(=O)OC)C[C@H]2C[C@H]([C@@H](C)OC(C)=O)OC(=O)C[C@H](O)C[C@@H]3CCC[C@H](C[C@@H]4CCO[C@H](/C=C/C(C)(C)[C@]1(O)O2)O4)O3. The summed E-state index contributed by atoms with van der Waals surface area (Å²) in [7, 11) is 1.22. The van der Waals surface area contributed by atoms with Crippen molar-refractivity contribution in [3.63, 3.8) is 0 Å². The summed E-state index contributed by atoms with van der Waals surface area (Å²) in [6.45, 7) is 8.75. The zero-order chi connectivity index (χ0) is 40.2. The number of cyclic esters (lactones) is 1. The summed E-state index contributed by atoms with van der Waals surface area (Å²) in [5.41, 5.74) is -1.10. The summed E-state index contributed by atoms with van der Waals surface area (Å²) < 4.78 is 47.5. The van der Waals surface area contributed by atoms with Crippen molar-refractivity contribution in [3.8, 4) is 0 Å². The van der Waals surface area contributed by atoms with Gasteiger partial charge >= 0.3 is 23.9 Å². The second-order valence-corrected chi connectivity index (χ2v) is 16.0. The highest BCUT2D eigenvalue weighted by Gasteiger charge is 2.58. The lowest BCUT2D eigenvalue weighted by atomic mass is 9.74. The Kier molecular flexibility index (Phi) is 17.2. The molecule has 0 saturated carbocycles. The Morgan fingerprint density at radius 1 is 0.982 bits per heavy atom. The van der Waals surface area contributed by atoms with Crippen LogP contribution < -0.4 is 0 Å². The van der Waals surface area contributed by atoms with Gasteiger partial charge in [0.25, 0.3) is 0 Å². The lowest BCUT2D eigenvalue weighted by Crippen LogP contribution is -2.62. The minimum atomic E-state index is -2.29. The summed E-state index contributed by atoms with van der Waals surface area (Å²) in [5, 5.41) is 23.8. The third-order valence-corrected chi connectivity index (χ3v) is 10.9. The van der Waals surface area contributed by atoms with Crippen LogP contribution in [0.5, 0.6) is 0 Å². The van der Waals surface area contributed by atoms with Crippen LogP contribution in [0.1, 0.15) is 131 Å². The van der Waals surface area contributed by atoms with E-state index in [4.69, 9.17) is 37.9 Å². The summed E-state index contributed by atoms with van der Waals surface area (Å²) in [5.74, 6) is -4.91. The van der Waals surface area contributed by atoms with Gasteiger partial charge < -0.3 is 48.1 Å². The molecule has 0 amide bonds. The molecule has 14 nitrogen and oxygen atoms in total. The Morgan fingerprint density at radius 3 is 2.40 bits per heavy atom. The third kappa shape index (κ3) is 13.3. The molecule has 0 aromatic carbocycles. The number of aliphatic hydroxyl groups excluding tert-OH is 1. The first-order chi connectivity index (χ1) is 26.1. The number of carbonyl (C=O) groups is 4. The molecule has 312 valence electrons. The highest BCUT2D eigenvalue weighted by Crippen LogP contribution is 2.47. The van der Waals surface area contributed by atoms with Gasteiger partial charge in [-0.2, -0.15) is 0 Å². The fourth-order valence-corrected chi connectivity index (χ4v) is 7.84. The lowest BCUT2D eigenvalue weighted by molar-refractivity contribution is -0.327. The van der Waals surface area contributed by atoms with Crippen LogP contribution in [0, 0.1) is 5.41 Å². The number of fused-ring (bicyclic) bond motifs is 6. The Bertz CT molecular complexity index is 1340. The predicted molar refractivity (Wildman–Crippen MR) is 198 cm³/mol. The molecule has 4 heterocycles. The molecule has 0 radical (unpaired) electrons.